The maximum absolute atomic E-state index is 13.8. The molecule has 0 saturated heterocycles. The maximum atomic E-state index is 13.8. The molecule has 106 valence electrons. The molecule has 0 aliphatic rings. The molecule has 0 aliphatic carbocycles. The third-order valence-electron chi connectivity index (χ3n) is 2.66. The van der Waals surface area contributed by atoms with Crippen molar-refractivity contribution in [3.63, 3.8) is 0 Å². The van der Waals surface area contributed by atoms with Crippen LogP contribution in [0, 0.1) is 27.3 Å². The summed E-state index contributed by atoms with van der Waals surface area (Å²) in [4.78, 5) is 10.2. The van der Waals surface area contributed by atoms with Crippen molar-refractivity contribution in [1.82, 2.24) is 0 Å². The van der Waals surface area contributed by atoms with Crippen LogP contribution in [0.25, 0.3) is 0 Å². The van der Waals surface area contributed by atoms with Crippen molar-refractivity contribution in [1.29, 1.82) is 5.26 Å². The standard InChI is InChI=1S/C14H8BrFN2O3/c15-11-4-12(18(19)20)6-13(5-11)21-8-10-3-1-2-9(7-17)14(10)16/h1-6H,8H2. The van der Waals surface area contributed by atoms with Gasteiger partial charge in [-0.25, -0.2) is 4.39 Å². The number of nitrogens with zero attached hydrogens (tertiary/aromatic N) is 2. The number of rotatable bonds is 4. The van der Waals surface area contributed by atoms with Crippen molar-refractivity contribution >= 4 is 21.6 Å². The second-order valence-corrected chi connectivity index (χ2v) is 5.00. The lowest BCUT2D eigenvalue weighted by atomic mass is 10.1. The molecule has 0 amide bonds. The highest BCUT2D eigenvalue weighted by Crippen LogP contribution is 2.27. The second-order valence-electron chi connectivity index (χ2n) is 4.08. The fraction of sp³-hybridized carbons (Fsp3) is 0.0714. The van der Waals surface area contributed by atoms with E-state index in [9.17, 15) is 14.5 Å². The summed E-state index contributed by atoms with van der Waals surface area (Å²) in [6, 6.07) is 10.3. The van der Waals surface area contributed by atoms with Crippen LogP contribution < -0.4 is 4.74 Å². The van der Waals surface area contributed by atoms with Crippen LogP contribution in [0.3, 0.4) is 0 Å². The number of nitro groups is 1. The van der Waals surface area contributed by atoms with Gasteiger partial charge in [0, 0.05) is 16.1 Å². The summed E-state index contributed by atoms with van der Waals surface area (Å²) in [5, 5.41) is 19.5. The zero-order valence-electron chi connectivity index (χ0n) is 10.5. The lowest BCUT2D eigenvalue weighted by molar-refractivity contribution is -0.385. The van der Waals surface area contributed by atoms with Crippen LogP contribution in [0.1, 0.15) is 11.1 Å². The molecule has 5 nitrogen and oxygen atoms in total. The van der Waals surface area contributed by atoms with Crippen molar-refractivity contribution in [2.75, 3.05) is 0 Å². The predicted octanol–water partition coefficient (Wildman–Crippen LogP) is 3.95. The molecular formula is C14H8BrFN2O3. The van der Waals surface area contributed by atoms with E-state index in [1.807, 2.05) is 0 Å². The minimum atomic E-state index is -0.649. The fourth-order valence-electron chi connectivity index (χ4n) is 1.68. The van der Waals surface area contributed by atoms with E-state index in [0.717, 1.165) is 0 Å². The molecular weight excluding hydrogens is 343 g/mol. The van der Waals surface area contributed by atoms with Crippen LogP contribution in [0.2, 0.25) is 0 Å². The summed E-state index contributed by atoms with van der Waals surface area (Å²) in [5.41, 5.74) is -0.00127. The lowest BCUT2D eigenvalue weighted by Gasteiger charge is -2.08. The van der Waals surface area contributed by atoms with Gasteiger partial charge in [0.25, 0.3) is 5.69 Å². The van der Waals surface area contributed by atoms with E-state index >= 15 is 0 Å². The van der Waals surface area contributed by atoms with Gasteiger partial charge in [-0.15, -0.1) is 0 Å². The van der Waals surface area contributed by atoms with Crippen molar-refractivity contribution in [2.24, 2.45) is 0 Å². The Morgan fingerprint density at radius 3 is 2.81 bits per heavy atom. The monoisotopic (exact) mass is 350 g/mol. The van der Waals surface area contributed by atoms with Crippen molar-refractivity contribution < 1.29 is 14.1 Å². The Hall–Kier alpha value is -2.46. The van der Waals surface area contributed by atoms with E-state index in [1.165, 1.54) is 24.3 Å². The number of benzene rings is 2. The Kier molecular flexibility index (Phi) is 4.50. The molecule has 21 heavy (non-hydrogen) atoms. The Morgan fingerprint density at radius 1 is 1.38 bits per heavy atom. The molecule has 2 rings (SSSR count). The normalized spacial score (nSPS) is 9.95. The average molecular weight is 351 g/mol. The summed E-state index contributed by atoms with van der Waals surface area (Å²) >= 11 is 3.14. The number of non-ortho nitro benzene ring substituents is 1. The largest absolute Gasteiger partial charge is 0.488 e. The number of hydrogen-bond acceptors (Lipinski definition) is 4. The number of nitriles is 1. The minimum Gasteiger partial charge on any atom is -0.488 e. The first-order valence-electron chi connectivity index (χ1n) is 5.76. The van der Waals surface area contributed by atoms with Gasteiger partial charge in [0.05, 0.1) is 16.6 Å². The molecule has 0 saturated carbocycles. The molecule has 0 aliphatic heterocycles. The highest BCUT2D eigenvalue weighted by Gasteiger charge is 2.11. The van der Waals surface area contributed by atoms with Gasteiger partial charge < -0.3 is 4.74 Å². The molecule has 0 aromatic heterocycles. The van der Waals surface area contributed by atoms with E-state index in [1.54, 1.807) is 18.2 Å². The zero-order chi connectivity index (χ0) is 15.4. The molecule has 7 heteroatoms. The summed E-state index contributed by atoms with van der Waals surface area (Å²) in [6.45, 7) is -0.130. The van der Waals surface area contributed by atoms with Crippen LogP contribution in [0.5, 0.6) is 5.75 Å². The van der Waals surface area contributed by atoms with Crippen LogP contribution in [-0.2, 0) is 6.61 Å². The quantitative estimate of drug-likeness (QED) is 0.617. The molecule has 0 atom stereocenters. The molecule has 0 fully saturated rings. The first kappa shape index (κ1) is 14.9. The van der Waals surface area contributed by atoms with Gasteiger partial charge in [0.1, 0.15) is 24.2 Å². The third kappa shape index (κ3) is 3.55. The Bertz CT molecular complexity index is 743. The van der Waals surface area contributed by atoms with E-state index in [4.69, 9.17) is 10.00 Å². The smallest absolute Gasteiger partial charge is 0.274 e. The van der Waals surface area contributed by atoms with Gasteiger partial charge >= 0.3 is 0 Å². The van der Waals surface area contributed by atoms with Crippen molar-refractivity contribution in [3.8, 4) is 11.8 Å². The minimum absolute atomic E-state index is 0.0728. The van der Waals surface area contributed by atoms with E-state index in [0.29, 0.717) is 4.47 Å². The number of halogens is 2. The van der Waals surface area contributed by atoms with Gasteiger partial charge in [0.2, 0.25) is 0 Å². The van der Waals surface area contributed by atoms with Gasteiger partial charge in [-0.2, -0.15) is 5.26 Å². The van der Waals surface area contributed by atoms with E-state index in [-0.39, 0.29) is 29.2 Å². The van der Waals surface area contributed by atoms with Crippen LogP contribution >= 0.6 is 15.9 Å². The predicted molar refractivity (Wildman–Crippen MR) is 76.2 cm³/mol. The second kappa shape index (κ2) is 6.33. The summed E-state index contributed by atoms with van der Waals surface area (Å²) in [5.74, 6) is -0.415. The SMILES string of the molecule is N#Cc1cccc(COc2cc(Br)cc([N+](=O)[O-])c2)c1F. The molecule has 2 aromatic carbocycles. The van der Waals surface area contributed by atoms with Gasteiger partial charge in [-0.05, 0) is 12.1 Å². The van der Waals surface area contributed by atoms with Gasteiger partial charge in [-0.3, -0.25) is 10.1 Å². The number of hydrogen-bond donors (Lipinski definition) is 0. The number of ether oxygens (including phenoxy) is 1. The molecule has 0 spiro atoms. The Morgan fingerprint density at radius 2 is 2.14 bits per heavy atom. The number of nitro benzene ring substituents is 1. The van der Waals surface area contributed by atoms with Gasteiger partial charge in [-0.1, -0.05) is 28.1 Å². The average Bonchev–Trinajstić information content (AvgIpc) is 2.45. The molecule has 0 radical (unpaired) electrons. The van der Waals surface area contributed by atoms with Crippen LogP contribution in [-0.4, -0.2) is 4.92 Å². The first-order chi connectivity index (χ1) is 10.0. The molecule has 0 bridgehead atoms. The van der Waals surface area contributed by atoms with Crippen molar-refractivity contribution in [2.45, 2.75) is 6.61 Å². The summed E-state index contributed by atoms with van der Waals surface area (Å²) in [6.07, 6.45) is 0. The van der Waals surface area contributed by atoms with E-state index in [2.05, 4.69) is 15.9 Å². The van der Waals surface area contributed by atoms with E-state index < -0.39 is 10.7 Å². The highest BCUT2D eigenvalue weighted by atomic mass is 79.9. The Labute approximate surface area is 127 Å². The first-order valence-corrected chi connectivity index (χ1v) is 6.56. The molecule has 0 N–H and O–H groups in total. The molecule has 0 heterocycles. The molecule has 2 aromatic rings. The molecule has 0 unspecified atom stereocenters. The topological polar surface area (TPSA) is 76.2 Å². The summed E-state index contributed by atoms with van der Waals surface area (Å²) < 4.78 is 19.7. The van der Waals surface area contributed by atoms with Gasteiger partial charge in [0.15, 0.2) is 0 Å². The lowest BCUT2D eigenvalue weighted by Crippen LogP contribution is -2.00. The Balaban J connectivity index is 2.21. The maximum Gasteiger partial charge on any atom is 0.274 e. The van der Waals surface area contributed by atoms with Crippen LogP contribution in [0.4, 0.5) is 10.1 Å². The fourth-order valence-corrected chi connectivity index (χ4v) is 2.14. The van der Waals surface area contributed by atoms with Crippen molar-refractivity contribution in [3.05, 3.63) is 67.9 Å². The third-order valence-corrected chi connectivity index (χ3v) is 3.12. The summed E-state index contributed by atoms with van der Waals surface area (Å²) in [7, 11) is 0. The zero-order valence-corrected chi connectivity index (χ0v) is 12.1. The highest BCUT2D eigenvalue weighted by molar-refractivity contribution is 9.10. The van der Waals surface area contributed by atoms with Crippen LogP contribution in [0.15, 0.2) is 40.9 Å².